The van der Waals surface area contributed by atoms with Crippen molar-refractivity contribution in [2.75, 3.05) is 12.0 Å². The lowest BCUT2D eigenvalue weighted by Crippen LogP contribution is -2.05. The molecule has 1 aliphatic rings. The molecule has 1 aliphatic heterocycles. The van der Waals surface area contributed by atoms with Crippen LogP contribution >= 0.6 is 11.5 Å². The number of anilines is 1. The molecule has 2 heterocycles. The van der Waals surface area contributed by atoms with Gasteiger partial charge in [-0.1, -0.05) is 4.49 Å². The third kappa shape index (κ3) is 0.692. The van der Waals surface area contributed by atoms with Gasteiger partial charge in [0.25, 0.3) is 0 Å². The van der Waals surface area contributed by atoms with Crippen LogP contribution in [-0.4, -0.2) is 22.5 Å². The predicted octanol–water partition coefficient (Wildman–Crippen LogP) is 0.340. The molecule has 0 saturated heterocycles. The summed E-state index contributed by atoms with van der Waals surface area (Å²) in [6.45, 7) is 0.623. The smallest absolute Gasteiger partial charge is 0.171 e. The monoisotopic (exact) mass is 140 g/mol. The van der Waals surface area contributed by atoms with Crippen LogP contribution in [0.4, 0.5) is 5.82 Å². The normalized spacial score (nSPS) is 14.7. The molecule has 0 aromatic carbocycles. The highest BCUT2D eigenvalue weighted by atomic mass is 32.1. The Morgan fingerprint density at radius 2 is 2.67 bits per heavy atom. The van der Waals surface area contributed by atoms with E-state index in [0.717, 1.165) is 10.7 Å². The second-order valence-electron chi connectivity index (χ2n) is 1.63. The Hall–Kier alpha value is -0.970. The third-order valence-electron chi connectivity index (χ3n) is 1.06. The highest BCUT2D eigenvalue weighted by Crippen LogP contribution is 2.14. The van der Waals surface area contributed by atoms with Gasteiger partial charge in [0.2, 0.25) is 0 Å². The van der Waals surface area contributed by atoms with Gasteiger partial charge in [0.15, 0.2) is 5.82 Å². The number of nitrogens with zero attached hydrogens (tertiary/aromatic N) is 3. The molecule has 1 aromatic heterocycles. The van der Waals surface area contributed by atoms with Crippen molar-refractivity contribution in [3.63, 3.8) is 0 Å². The van der Waals surface area contributed by atoms with Crippen molar-refractivity contribution in [1.29, 1.82) is 0 Å². The van der Waals surface area contributed by atoms with Crippen molar-refractivity contribution < 1.29 is 0 Å². The molecule has 46 valence electrons. The molecule has 0 bridgehead atoms. The number of nitrogens with one attached hydrogen (secondary N) is 1. The highest BCUT2D eigenvalue weighted by Gasteiger charge is 2.06. The highest BCUT2D eigenvalue weighted by molar-refractivity contribution is 7.08. The van der Waals surface area contributed by atoms with Crippen LogP contribution in [0.15, 0.2) is 4.99 Å². The van der Waals surface area contributed by atoms with E-state index in [1.807, 2.05) is 0 Å². The first kappa shape index (κ1) is 4.87. The quantitative estimate of drug-likeness (QED) is 0.565. The number of fused-ring (bicyclic) bond motifs is 1. The average Bonchev–Trinajstić information content (AvgIpc) is 2.33. The van der Waals surface area contributed by atoms with E-state index >= 15 is 0 Å². The molecule has 1 aromatic rings. The topological polar surface area (TPSA) is 50.2 Å². The van der Waals surface area contributed by atoms with Crippen molar-refractivity contribution >= 4 is 23.6 Å². The molecule has 0 radical (unpaired) electrons. The lowest BCUT2D eigenvalue weighted by atomic mass is 10.5. The molecular weight excluding hydrogens is 136 g/mol. The first-order valence-corrected chi connectivity index (χ1v) is 3.30. The summed E-state index contributed by atoms with van der Waals surface area (Å²) < 4.78 is 3.74. The second kappa shape index (κ2) is 1.77. The molecular formula is C4H4N4S. The van der Waals surface area contributed by atoms with E-state index in [9.17, 15) is 0 Å². The Labute approximate surface area is 55.8 Å². The fourth-order valence-electron chi connectivity index (χ4n) is 0.654. The van der Waals surface area contributed by atoms with Crippen LogP contribution in [0.5, 0.6) is 0 Å². The zero-order valence-electron chi connectivity index (χ0n) is 4.53. The molecule has 0 spiro atoms. The predicted molar refractivity (Wildman–Crippen MR) is 36.0 cm³/mol. The Bertz CT molecular complexity index is 240. The minimum absolute atomic E-state index is 0.623. The summed E-state index contributed by atoms with van der Waals surface area (Å²) in [5.74, 6) is 0.856. The Morgan fingerprint density at radius 1 is 1.67 bits per heavy atom. The minimum Gasteiger partial charge on any atom is -0.348 e. The summed E-state index contributed by atoms with van der Waals surface area (Å²) in [6, 6.07) is 0. The molecule has 0 saturated carbocycles. The van der Waals surface area contributed by atoms with Crippen molar-refractivity contribution in [2.45, 2.75) is 0 Å². The molecule has 9 heavy (non-hydrogen) atoms. The molecule has 2 rings (SSSR count). The van der Waals surface area contributed by atoms with Gasteiger partial charge in [0.1, 0.15) is 11.5 Å². The number of aliphatic imine (C=N–C) groups is 1. The molecule has 0 fully saturated rings. The van der Waals surface area contributed by atoms with Gasteiger partial charge in [-0.05, 0) is 11.5 Å². The number of rotatable bonds is 0. The maximum absolute atomic E-state index is 3.98. The van der Waals surface area contributed by atoms with Crippen molar-refractivity contribution in [1.82, 2.24) is 9.59 Å². The fourth-order valence-corrected chi connectivity index (χ4v) is 1.19. The van der Waals surface area contributed by atoms with Crippen LogP contribution in [0.25, 0.3) is 0 Å². The van der Waals surface area contributed by atoms with E-state index in [1.54, 1.807) is 6.21 Å². The maximum atomic E-state index is 3.98. The summed E-state index contributed by atoms with van der Waals surface area (Å²) in [5.41, 5.74) is 0. The number of aromatic nitrogens is 2. The number of hydrogen-bond donors (Lipinski definition) is 1. The van der Waals surface area contributed by atoms with Gasteiger partial charge in [-0.15, -0.1) is 5.10 Å². The van der Waals surface area contributed by atoms with E-state index in [-0.39, 0.29) is 0 Å². The van der Waals surface area contributed by atoms with E-state index in [4.69, 9.17) is 0 Å². The lowest BCUT2D eigenvalue weighted by Gasteiger charge is -2.01. The van der Waals surface area contributed by atoms with Gasteiger partial charge in [-0.25, -0.2) is 0 Å². The minimum atomic E-state index is 0.623. The van der Waals surface area contributed by atoms with Crippen molar-refractivity contribution in [3.05, 3.63) is 4.88 Å². The van der Waals surface area contributed by atoms with Crippen molar-refractivity contribution in [2.24, 2.45) is 4.99 Å². The molecule has 0 atom stereocenters. The van der Waals surface area contributed by atoms with Crippen LogP contribution in [0.1, 0.15) is 4.88 Å². The van der Waals surface area contributed by atoms with Crippen LogP contribution < -0.4 is 5.32 Å². The van der Waals surface area contributed by atoms with Gasteiger partial charge in [0.05, 0.1) is 0 Å². The van der Waals surface area contributed by atoms with E-state index in [0.29, 0.717) is 6.67 Å². The second-order valence-corrected chi connectivity index (χ2v) is 2.42. The summed E-state index contributed by atoms with van der Waals surface area (Å²) in [5, 5.41) is 6.80. The van der Waals surface area contributed by atoms with Gasteiger partial charge < -0.3 is 5.32 Å². The zero-order valence-corrected chi connectivity index (χ0v) is 5.35. The Kier molecular flexibility index (Phi) is 0.955. The van der Waals surface area contributed by atoms with Gasteiger partial charge in [-0.3, -0.25) is 4.99 Å². The number of hydrogen-bond acceptors (Lipinski definition) is 5. The van der Waals surface area contributed by atoms with Gasteiger partial charge >= 0.3 is 0 Å². The first-order chi connectivity index (χ1) is 4.47. The lowest BCUT2D eigenvalue weighted by molar-refractivity contribution is 1.06. The third-order valence-corrected chi connectivity index (χ3v) is 1.72. The molecule has 0 aliphatic carbocycles. The van der Waals surface area contributed by atoms with E-state index < -0.39 is 0 Å². The van der Waals surface area contributed by atoms with Crippen LogP contribution in [-0.2, 0) is 0 Å². The summed E-state index contributed by atoms with van der Waals surface area (Å²) in [6.07, 6.45) is 1.79. The van der Waals surface area contributed by atoms with E-state index in [2.05, 4.69) is 19.9 Å². The standard InChI is InChI=1S/C4H4N4S/c1-3-4(6-2-5-1)7-8-9-3/h1,6H,2H2. The maximum Gasteiger partial charge on any atom is 0.171 e. The molecule has 0 unspecified atom stereocenters. The fraction of sp³-hybridized carbons (Fsp3) is 0.250. The van der Waals surface area contributed by atoms with Gasteiger partial charge in [-0.2, -0.15) is 0 Å². The van der Waals surface area contributed by atoms with Crippen molar-refractivity contribution in [3.8, 4) is 0 Å². The molecule has 5 heteroatoms. The Balaban J connectivity index is 2.53. The Morgan fingerprint density at radius 3 is 3.56 bits per heavy atom. The first-order valence-electron chi connectivity index (χ1n) is 2.53. The summed E-state index contributed by atoms with van der Waals surface area (Å²) in [7, 11) is 0. The SMILES string of the molecule is C1=NCNc2nnsc21. The summed E-state index contributed by atoms with van der Waals surface area (Å²) >= 11 is 1.35. The largest absolute Gasteiger partial charge is 0.348 e. The average molecular weight is 140 g/mol. The zero-order chi connectivity index (χ0) is 6.10. The van der Waals surface area contributed by atoms with Crippen LogP contribution in [0.3, 0.4) is 0 Å². The van der Waals surface area contributed by atoms with E-state index in [1.165, 1.54) is 11.5 Å². The summed E-state index contributed by atoms with van der Waals surface area (Å²) in [4.78, 5) is 5.00. The van der Waals surface area contributed by atoms with Crippen LogP contribution in [0, 0.1) is 0 Å². The van der Waals surface area contributed by atoms with Crippen LogP contribution in [0.2, 0.25) is 0 Å². The van der Waals surface area contributed by atoms with Gasteiger partial charge in [0, 0.05) is 6.21 Å². The molecule has 1 N–H and O–H groups in total. The molecule has 4 nitrogen and oxygen atoms in total. The molecule has 0 amide bonds.